The second-order valence-electron chi connectivity index (χ2n) is 8.53. The van der Waals surface area contributed by atoms with Gasteiger partial charge in [-0.25, -0.2) is 5.10 Å². The molecule has 1 aliphatic carbocycles. The van der Waals surface area contributed by atoms with Crippen LogP contribution >= 0.6 is 0 Å². The van der Waals surface area contributed by atoms with Gasteiger partial charge >= 0.3 is 0 Å². The molecule has 1 aliphatic heterocycles. The first-order valence-corrected chi connectivity index (χ1v) is 10.7. The first-order chi connectivity index (χ1) is 14.0. The highest BCUT2D eigenvalue weighted by atomic mass is 16.2. The Morgan fingerprint density at radius 3 is 2.62 bits per heavy atom. The van der Waals surface area contributed by atoms with Crippen LogP contribution in [-0.2, 0) is 19.3 Å². The Morgan fingerprint density at radius 1 is 1.17 bits per heavy atom. The van der Waals surface area contributed by atoms with Gasteiger partial charge in [0.2, 0.25) is 0 Å². The summed E-state index contributed by atoms with van der Waals surface area (Å²) in [5.41, 5.74) is 4.71. The highest BCUT2D eigenvalue weighted by molar-refractivity contribution is 5.94. The molecule has 29 heavy (non-hydrogen) atoms. The number of benzene rings is 1. The van der Waals surface area contributed by atoms with Crippen LogP contribution in [0.3, 0.4) is 0 Å². The van der Waals surface area contributed by atoms with Crippen LogP contribution in [0, 0.1) is 0 Å². The standard InChI is InChI=1S/C23H30N4O2/c1-26(2)18-10-12-27(13-11-18)23(29)17-7-5-6-16(14-17)15-21-19-8-3-4-9-20(19)22(28)25-24-21/h5-7,14,18H,3-4,8-13,15H2,1-2H3,(H,25,28). The molecule has 4 rings (SSSR count). The Hall–Kier alpha value is -2.47. The minimum absolute atomic E-state index is 0.0477. The van der Waals surface area contributed by atoms with Gasteiger partial charge in [0.05, 0.1) is 5.69 Å². The van der Waals surface area contributed by atoms with E-state index in [9.17, 15) is 9.59 Å². The van der Waals surface area contributed by atoms with E-state index in [0.29, 0.717) is 12.5 Å². The molecule has 0 spiro atoms. The van der Waals surface area contributed by atoms with Crippen LogP contribution in [-0.4, -0.2) is 59.1 Å². The Labute approximate surface area is 171 Å². The lowest BCUT2D eigenvalue weighted by atomic mass is 9.90. The average molecular weight is 395 g/mol. The van der Waals surface area contributed by atoms with Crippen molar-refractivity contribution < 1.29 is 4.79 Å². The van der Waals surface area contributed by atoms with Crippen molar-refractivity contribution in [1.29, 1.82) is 0 Å². The Morgan fingerprint density at radius 2 is 1.90 bits per heavy atom. The molecule has 1 saturated heterocycles. The molecule has 1 aromatic heterocycles. The molecular weight excluding hydrogens is 364 g/mol. The third kappa shape index (κ3) is 4.27. The van der Waals surface area contributed by atoms with Gasteiger partial charge in [-0.2, -0.15) is 5.10 Å². The smallest absolute Gasteiger partial charge is 0.267 e. The van der Waals surface area contributed by atoms with E-state index in [-0.39, 0.29) is 11.5 Å². The number of carbonyl (C=O) groups is 1. The van der Waals surface area contributed by atoms with Crippen molar-refractivity contribution in [3.8, 4) is 0 Å². The van der Waals surface area contributed by atoms with E-state index in [0.717, 1.165) is 79.6 Å². The van der Waals surface area contributed by atoms with E-state index in [1.165, 1.54) is 0 Å². The monoisotopic (exact) mass is 394 g/mol. The molecule has 6 nitrogen and oxygen atoms in total. The SMILES string of the molecule is CN(C)C1CCN(C(=O)c2cccc(Cc3n[nH]c(=O)c4c3CCCC4)c2)CC1. The minimum atomic E-state index is -0.0477. The van der Waals surface area contributed by atoms with E-state index >= 15 is 0 Å². The Kier molecular flexibility index (Phi) is 5.81. The number of aromatic nitrogens is 2. The van der Waals surface area contributed by atoms with E-state index in [1.54, 1.807) is 0 Å². The van der Waals surface area contributed by atoms with Gasteiger partial charge in [0.25, 0.3) is 11.5 Å². The number of amides is 1. The highest BCUT2D eigenvalue weighted by Gasteiger charge is 2.25. The fourth-order valence-corrected chi connectivity index (χ4v) is 4.65. The molecule has 1 amide bonds. The van der Waals surface area contributed by atoms with Gasteiger partial charge in [0.15, 0.2) is 0 Å². The van der Waals surface area contributed by atoms with Gasteiger partial charge in [-0.15, -0.1) is 0 Å². The average Bonchev–Trinajstić information content (AvgIpc) is 2.76. The first-order valence-electron chi connectivity index (χ1n) is 10.7. The van der Waals surface area contributed by atoms with Gasteiger partial charge < -0.3 is 9.80 Å². The molecule has 0 unspecified atom stereocenters. The number of fused-ring (bicyclic) bond motifs is 1. The second-order valence-corrected chi connectivity index (χ2v) is 8.53. The first kappa shape index (κ1) is 19.8. The zero-order valence-electron chi connectivity index (χ0n) is 17.4. The summed E-state index contributed by atoms with van der Waals surface area (Å²) >= 11 is 0. The maximum absolute atomic E-state index is 13.0. The molecule has 0 bridgehead atoms. The number of hydrogen-bond acceptors (Lipinski definition) is 4. The number of piperidine rings is 1. The summed E-state index contributed by atoms with van der Waals surface area (Å²) in [6, 6.07) is 8.44. The van der Waals surface area contributed by atoms with Crippen molar-refractivity contribution in [3.63, 3.8) is 0 Å². The van der Waals surface area contributed by atoms with E-state index in [2.05, 4.69) is 29.2 Å². The molecule has 2 heterocycles. The van der Waals surface area contributed by atoms with E-state index in [4.69, 9.17) is 0 Å². The number of likely N-dealkylation sites (tertiary alicyclic amines) is 1. The maximum atomic E-state index is 13.0. The molecular formula is C23H30N4O2. The van der Waals surface area contributed by atoms with Gasteiger partial charge in [-0.05, 0) is 75.9 Å². The third-order valence-electron chi connectivity index (χ3n) is 6.41. The minimum Gasteiger partial charge on any atom is -0.339 e. The van der Waals surface area contributed by atoms with Crippen LogP contribution in [0.5, 0.6) is 0 Å². The summed E-state index contributed by atoms with van der Waals surface area (Å²) in [4.78, 5) is 29.3. The highest BCUT2D eigenvalue weighted by Crippen LogP contribution is 2.23. The van der Waals surface area contributed by atoms with Crippen molar-refractivity contribution >= 4 is 5.91 Å². The van der Waals surface area contributed by atoms with Crippen molar-refractivity contribution in [2.45, 2.75) is 51.0 Å². The molecule has 1 aromatic carbocycles. The lowest BCUT2D eigenvalue weighted by Gasteiger charge is -2.35. The summed E-state index contributed by atoms with van der Waals surface area (Å²) in [6.45, 7) is 1.61. The maximum Gasteiger partial charge on any atom is 0.267 e. The van der Waals surface area contributed by atoms with Crippen molar-refractivity contribution in [3.05, 3.63) is 62.6 Å². The summed E-state index contributed by atoms with van der Waals surface area (Å²) in [5.74, 6) is 0.112. The Bertz CT molecular complexity index is 942. The van der Waals surface area contributed by atoms with Crippen molar-refractivity contribution in [2.75, 3.05) is 27.2 Å². The number of rotatable bonds is 4. The quantitative estimate of drug-likeness (QED) is 0.865. The van der Waals surface area contributed by atoms with E-state index < -0.39 is 0 Å². The van der Waals surface area contributed by atoms with Gasteiger partial charge in [-0.3, -0.25) is 9.59 Å². The molecule has 0 atom stereocenters. The lowest BCUT2D eigenvalue weighted by molar-refractivity contribution is 0.0663. The van der Waals surface area contributed by atoms with Crippen LogP contribution in [0.15, 0.2) is 29.1 Å². The number of aromatic amines is 1. The largest absolute Gasteiger partial charge is 0.339 e. The predicted octanol–water partition coefficient (Wildman–Crippen LogP) is 2.41. The number of nitrogens with zero attached hydrogens (tertiary/aromatic N) is 3. The fraction of sp³-hybridized carbons (Fsp3) is 0.522. The molecule has 2 aromatic rings. The third-order valence-corrected chi connectivity index (χ3v) is 6.41. The van der Waals surface area contributed by atoms with Crippen molar-refractivity contribution in [1.82, 2.24) is 20.0 Å². The van der Waals surface area contributed by atoms with E-state index in [1.807, 2.05) is 29.2 Å². The Balaban J connectivity index is 1.50. The normalized spacial score (nSPS) is 17.4. The van der Waals surface area contributed by atoms with Crippen LogP contribution in [0.1, 0.15) is 58.4 Å². The summed E-state index contributed by atoms with van der Waals surface area (Å²) < 4.78 is 0. The lowest BCUT2D eigenvalue weighted by Crippen LogP contribution is -2.44. The van der Waals surface area contributed by atoms with Crippen LogP contribution in [0.2, 0.25) is 0 Å². The van der Waals surface area contributed by atoms with Crippen LogP contribution in [0.4, 0.5) is 0 Å². The zero-order valence-corrected chi connectivity index (χ0v) is 17.4. The fourth-order valence-electron chi connectivity index (χ4n) is 4.65. The summed E-state index contributed by atoms with van der Waals surface area (Å²) in [5, 5.41) is 7.00. The molecule has 0 saturated carbocycles. The van der Waals surface area contributed by atoms with Crippen LogP contribution < -0.4 is 5.56 Å². The molecule has 6 heteroatoms. The van der Waals surface area contributed by atoms with Crippen molar-refractivity contribution in [2.24, 2.45) is 0 Å². The number of H-pyrrole nitrogens is 1. The number of carbonyl (C=O) groups excluding carboxylic acids is 1. The number of hydrogen-bond donors (Lipinski definition) is 1. The summed E-state index contributed by atoms with van der Waals surface area (Å²) in [6.07, 6.45) is 6.60. The van der Waals surface area contributed by atoms with Gasteiger partial charge in [0.1, 0.15) is 0 Å². The van der Waals surface area contributed by atoms with Gasteiger partial charge in [0, 0.05) is 36.7 Å². The summed E-state index contributed by atoms with van der Waals surface area (Å²) in [7, 11) is 4.21. The molecule has 154 valence electrons. The molecule has 0 radical (unpaired) electrons. The van der Waals surface area contributed by atoms with Gasteiger partial charge in [-0.1, -0.05) is 12.1 Å². The zero-order chi connectivity index (χ0) is 20.4. The predicted molar refractivity (Wildman–Crippen MR) is 113 cm³/mol. The number of nitrogens with one attached hydrogen (secondary N) is 1. The van der Waals surface area contributed by atoms with Crippen LogP contribution in [0.25, 0.3) is 0 Å². The topological polar surface area (TPSA) is 69.3 Å². The molecule has 1 N–H and O–H groups in total. The second kappa shape index (κ2) is 8.49. The molecule has 2 aliphatic rings. The molecule has 1 fully saturated rings.